The number of fused-ring (bicyclic) bond motifs is 3. The second-order valence-corrected chi connectivity index (χ2v) is 10.3. The number of carbonyl (C=O) groups is 1. The van der Waals surface area contributed by atoms with E-state index in [0.29, 0.717) is 24.0 Å². The number of carbonyl (C=O) groups excluding carboxylic acids is 1. The molecule has 2 atom stereocenters. The van der Waals surface area contributed by atoms with Crippen LogP contribution >= 0.6 is 0 Å². The van der Waals surface area contributed by atoms with Gasteiger partial charge in [0.2, 0.25) is 0 Å². The summed E-state index contributed by atoms with van der Waals surface area (Å²) in [6, 6.07) is 4.66. The normalized spacial score (nSPS) is 26.9. The van der Waals surface area contributed by atoms with Gasteiger partial charge in [-0.1, -0.05) is 13.8 Å². The van der Waals surface area contributed by atoms with Crippen LogP contribution < -0.4 is 9.47 Å². The quantitative estimate of drug-likeness (QED) is 0.632. The van der Waals surface area contributed by atoms with E-state index in [-0.39, 0.29) is 12.0 Å². The van der Waals surface area contributed by atoms with Gasteiger partial charge < -0.3 is 9.47 Å². The van der Waals surface area contributed by atoms with E-state index in [0.717, 1.165) is 56.6 Å². The molecule has 4 aliphatic rings. The zero-order chi connectivity index (χ0) is 20.0. The lowest BCUT2D eigenvalue weighted by atomic mass is 9.80. The highest BCUT2D eigenvalue weighted by Crippen LogP contribution is 2.44. The minimum atomic E-state index is 0.208. The van der Waals surface area contributed by atoms with E-state index >= 15 is 0 Å². The summed E-state index contributed by atoms with van der Waals surface area (Å²) in [5.74, 6) is 4.49. The number of Topliss-reactive ketones (excluding diaryl/α,β-unsaturated/α-hetero) is 1. The molecule has 2 aliphatic carbocycles. The Bertz CT molecular complexity index is 766. The molecule has 2 aliphatic heterocycles. The molecule has 2 saturated carbocycles. The van der Waals surface area contributed by atoms with Gasteiger partial charge in [-0.05, 0) is 79.5 Å². The van der Waals surface area contributed by atoms with Gasteiger partial charge in [0.25, 0.3) is 0 Å². The van der Waals surface area contributed by atoms with Crippen LogP contribution in [0.1, 0.15) is 69.5 Å². The van der Waals surface area contributed by atoms with Crippen molar-refractivity contribution in [2.75, 3.05) is 26.3 Å². The summed E-state index contributed by atoms with van der Waals surface area (Å²) < 4.78 is 12.4. The first kappa shape index (κ1) is 19.4. The van der Waals surface area contributed by atoms with Crippen molar-refractivity contribution < 1.29 is 14.3 Å². The highest BCUT2D eigenvalue weighted by Gasteiger charge is 2.38. The number of rotatable bonds is 8. The zero-order valence-electron chi connectivity index (χ0n) is 18.0. The maximum absolute atomic E-state index is 12.9. The van der Waals surface area contributed by atoms with Crippen molar-refractivity contribution in [3.8, 4) is 11.5 Å². The lowest BCUT2D eigenvalue weighted by Crippen LogP contribution is -2.46. The molecule has 158 valence electrons. The number of ketones is 1. The number of benzene rings is 1. The molecule has 1 saturated heterocycles. The summed E-state index contributed by atoms with van der Waals surface area (Å²) in [6.07, 6.45) is 7.85. The predicted octanol–water partition coefficient (Wildman–Crippen LogP) is 4.80. The summed E-state index contributed by atoms with van der Waals surface area (Å²) in [5, 5.41) is 0. The van der Waals surface area contributed by atoms with Crippen LogP contribution in [0.4, 0.5) is 0 Å². The molecule has 29 heavy (non-hydrogen) atoms. The topological polar surface area (TPSA) is 38.8 Å². The minimum Gasteiger partial charge on any atom is -0.489 e. The number of nitrogens with zero attached hydrogens (tertiary/aromatic N) is 1. The smallest absolute Gasteiger partial charge is 0.161 e. The minimum absolute atomic E-state index is 0.208. The van der Waals surface area contributed by atoms with Crippen molar-refractivity contribution in [3.05, 3.63) is 23.3 Å². The molecular weight excluding hydrogens is 362 g/mol. The molecule has 2 heterocycles. The summed E-state index contributed by atoms with van der Waals surface area (Å²) in [7, 11) is 0. The molecule has 0 bridgehead atoms. The highest BCUT2D eigenvalue weighted by molar-refractivity contribution is 5.83. The zero-order valence-corrected chi connectivity index (χ0v) is 18.0. The Morgan fingerprint density at radius 3 is 2.31 bits per heavy atom. The average molecular weight is 398 g/mol. The number of hydrogen-bond donors (Lipinski definition) is 0. The molecule has 0 spiro atoms. The lowest BCUT2D eigenvalue weighted by molar-refractivity contribution is -0.129. The Morgan fingerprint density at radius 1 is 1.03 bits per heavy atom. The van der Waals surface area contributed by atoms with Crippen molar-refractivity contribution in [1.29, 1.82) is 0 Å². The monoisotopic (exact) mass is 397 g/mol. The molecule has 0 aromatic heterocycles. The molecule has 0 N–H and O–H groups in total. The number of ether oxygens (including phenoxy) is 2. The molecule has 5 rings (SSSR count). The maximum atomic E-state index is 12.9. The molecule has 4 heteroatoms. The van der Waals surface area contributed by atoms with Gasteiger partial charge in [-0.15, -0.1) is 0 Å². The van der Waals surface area contributed by atoms with E-state index in [4.69, 9.17) is 9.47 Å². The largest absolute Gasteiger partial charge is 0.489 e. The summed E-state index contributed by atoms with van der Waals surface area (Å²) >= 11 is 0. The third-order valence-electron chi connectivity index (χ3n) is 7.08. The van der Waals surface area contributed by atoms with Gasteiger partial charge in [0, 0.05) is 31.5 Å². The van der Waals surface area contributed by atoms with Gasteiger partial charge in [-0.25, -0.2) is 0 Å². The first-order valence-electron chi connectivity index (χ1n) is 11.8. The van der Waals surface area contributed by atoms with Gasteiger partial charge in [-0.2, -0.15) is 0 Å². The van der Waals surface area contributed by atoms with Crippen LogP contribution in [0.3, 0.4) is 0 Å². The van der Waals surface area contributed by atoms with Crippen molar-refractivity contribution in [2.45, 2.75) is 64.8 Å². The highest BCUT2D eigenvalue weighted by atomic mass is 16.5. The van der Waals surface area contributed by atoms with Gasteiger partial charge >= 0.3 is 0 Å². The van der Waals surface area contributed by atoms with E-state index < -0.39 is 0 Å². The van der Waals surface area contributed by atoms with Crippen LogP contribution in [0, 0.1) is 23.7 Å². The molecule has 1 aromatic rings. The third kappa shape index (κ3) is 4.47. The van der Waals surface area contributed by atoms with Crippen molar-refractivity contribution in [1.82, 2.24) is 4.90 Å². The van der Waals surface area contributed by atoms with Crippen LogP contribution in [0.25, 0.3) is 0 Å². The van der Waals surface area contributed by atoms with Crippen molar-refractivity contribution in [2.24, 2.45) is 23.7 Å². The van der Waals surface area contributed by atoms with Gasteiger partial charge in [-0.3, -0.25) is 9.69 Å². The third-order valence-corrected chi connectivity index (χ3v) is 7.08. The summed E-state index contributed by atoms with van der Waals surface area (Å²) in [6.45, 7) is 8.00. The van der Waals surface area contributed by atoms with Crippen LogP contribution in [-0.2, 0) is 11.2 Å². The lowest BCUT2D eigenvalue weighted by Gasteiger charge is -2.43. The van der Waals surface area contributed by atoms with E-state index in [1.165, 1.54) is 36.8 Å². The Balaban J connectivity index is 1.38. The number of piperidine rings is 1. The Kier molecular flexibility index (Phi) is 5.32. The first-order valence-corrected chi connectivity index (χ1v) is 11.8. The Morgan fingerprint density at radius 2 is 1.69 bits per heavy atom. The summed E-state index contributed by atoms with van der Waals surface area (Å²) in [4.78, 5) is 15.4. The Hall–Kier alpha value is -1.55. The van der Waals surface area contributed by atoms with E-state index in [2.05, 4.69) is 30.9 Å². The van der Waals surface area contributed by atoms with Crippen LogP contribution in [0.5, 0.6) is 11.5 Å². The number of hydrogen-bond acceptors (Lipinski definition) is 4. The average Bonchev–Trinajstić information content (AvgIpc) is 3.60. The van der Waals surface area contributed by atoms with Crippen molar-refractivity contribution >= 4 is 5.78 Å². The fraction of sp³-hybridized carbons (Fsp3) is 0.720. The molecule has 0 amide bonds. The fourth-order valence-electron chi connectivity index (χ4n) is 4.95. The van der Waals surface area contributed by atoms with Crippen LogP contribution in [0.2, 0.25) is 0 Å². The van der Waals surface area contributed by atoms with Gasteiger partial charge in [0.15, 0.2) is 11.5 Å². The summed E-state index contributed by atoms with van der Waals surface area (Å²) in [5.41, 5.74) is 2.66. The van der Waals surface area contributed by atoms with Gasteiger partial charge in [0.05, 0.1) is 13.2 Å². The maximum Gasteiger partial charge on any atom is 0.161 e. The van der Waals surface area contributed by atoms with E-state index in [1.54, 1.807) is 0 Å². The van der Waals surface area contributed by atoms with E-state index in [1.807, 2.05) is 0 Å². The molecule has 3 fully saturated rings. The van der Waals surface area contributed by atoms with E-state index in [9.17, 15) is 4.79 Å². The molecule has 0 radical (unpaired) electrons. The molecule has 4 nitrogen and oxygen atoms in total. The fourth-order valence-corrected chi connectivity index (χ4v) is 4.95. The molecule has 1 aromatic carbocycles. The van der Waals surface area contributed by atoms with Gasteiger partial charge in [0.1, 0.15) is 5.78 Å². The molecule has 2 unspecified atom stereocenters. The Labute approximate surface area is 174 Å². The second-order valence-electron chi connectivity index (χ2n) is 10.3. The second kappa shape index (κ2) is 7.94. The van der Waals surface area contributed by atoms with Crippen molar-refractivity contribution in [3.63, 3.8) is 0 Å². The standard InChI is InChI=1S/C25H35NO3/c1-16(2)9-20-13-26-8-7-19-10-24(28-14-17-3-4-17)25(29-15-18-5-6-18)11-21(19)22(26)12-23(20)27/h10-11,16-18,20,22H,3-9,12-15H2,1-2H3. The van der Waals surface area contributed by atoms with Crippen LogP contribution in [-0.4, -0.2) is 37.0 Å². The molecular formula is C25H35NO3. The SMILES string of the molecule is CC(C)CC1CN2CCc3cc(OCC4CC4)c(OCC4CC4)cc3C2CC1=O. The predicted molar refractivity (Wildman–Crippen MR) is 113 cm³/mol. The first-order chi connectivity index (χ1) is 14.1. The van der Waals surface area contributed by atoms with Crippen LogP contribution in [0.15, 0.2) is 12.1 Å².